The Balaban J connectivity index is 1.28. The fourth-order valence-electron chi connectivity index (χ4n) is 4.67. The van der Waals surface area contributed by atoms with Gasteiger partial charge in [0, 0.05) is 18.0 Å². The van der Waals surface area contributed by atoms with Crippen molar-refractivity contribution in [3.05, 3.63) is 81.5 Å². The molecule has 0 saturated heterocycles. The number of aryl methyl sites for hydroxylation is 2. The molecule has 180 valence electrons. The molecule has 8 heteroatoms. The van der Waals surface area contributed by atoms with Gasteiger partial charge in [-0.3, -0.25) is 19.1 Å². The van der Waals surface area contributed by atoms with E-state index >= 15 is 0 Å². The van der Waals surface area contributed by atoms with Crippen LogP contribution in [-0.2, 0) is 40.6 Å². The molecule has 4 aromatic rings. The molecule has 0 fully saturated rings. The van der Waals surface area contributed by atoms with E-state index in [0.29, 0.717) is 11.4 Å². The highest BCUT2D eigenvalue weighted by Crippen LogP contribution is 2.30. The first-order chi connectivity index (χ1) is 16.8. The Labute approximate surface area is 202 Å². The number of benzene rings is 2. The average Bonchev–Trinajstić information content (AvgIpc) is 3.52. The van der Waals surface area contributed by atoms with Crippen LogP contribution in [0.3, 0.4) is 0 Å². The summed E-state index contributed by atoms with van der Waals surface area (Å²) in [5, 5.41) is 3.55. The Hall–Kier alpha value is -4.07. The third-order valence-corrected chi connectivity index (χ3v) is 6.68. The van der Waals surface area contributed by atoms with Crippen LogP contribution in [0.25, 0.3) is 16.7 Å². The zero-order chi connectivity index (χ0) is 24.7. The van der Waals surface area contributed by atoms with Gasteiger partial charge in [0.05, 0.1) is 24.1 Å². The fourth-order valence-corrected chi connectivity index (χ4v) is 4.67. The molecular formula is C27H27N3O5. The second-order valence-electron chi connectivity index (χ2n) is 8.97. The lowest BCUT2D eigenvalue weighted by Gasteiger charge is -2.13. The minimum Gasteiger partial charge on any atom is -0.464 e. The van der Waals surface area contributed by atoms with Gasteiger partial charge in [-0.25, -0.2) is 4.68 Å². The molecule has 0 unspecified atom stereocenters. The lowest BCUT2D eigenvalue weighted by atomic mass is 10.0. The van der Waals surface area contributed by atoms with Gasteiger partial charge in [-0.15, -0.1) is 0 Å². The number of nitrogens with zero attached hydrogens (tertiary/aromatic N) is 2. The highest BCUT2D eigenvalue weighted by molar-refractivity contribution is 5.96. The van der Waals surface area contributed by atoms with E-state index in [1.807, 2.05) is 36.4 Å². The van der Waals surface area contributed by atoms with Crippen molar-refractivity contribution in [2.75, 3.05) is 5.32 Å². The first kappa shape index (κ1) is 22.7. The highest BCUT2D eigenvalue weighted by Gasteiger charge is 2.24. The van der Waals surface area contributed by atoms with Crippen molar-refractivity contribution in [1.82, 2.24) is 9.36 Å². The summed E-state index contributed by atoms with van der Waals surface area (Å²) in [4.78, 5) is 38.4. The van der Waals surface area contributed by atoms with Crippen molar-refractivity contribution < 1.29 is 18.7 Å². The van der Waals surface area contributed by atoms with Gasteiger partial charge in [0.15, 0.2) is 6.10 Å². The third-order valence-electron chi connectivity index (χ3n) is 6.68. The predicted octanol–water partition coefficient (Wildman–Crippen LogP) is 3.83. The topological polar surface area (TPSA) is 95.5 Å². The largest absolute Gasteiger partial charge is 0.464 e. The van der Waals surface area contributed by atoms with Gasteiger partial charge in [-0.2, -0.15) is 0 Å². The molecule has 0 aliphatic heterocycles. The molecule has 2 aromatic carbocycles. The number of hydrogen-bond acceptors (Lipinski definition) is 5. The minimum absolute atomic E-state index is 0.00537. The molecule has 0 bridgehead atoms. The Bertz CT molecular complexity index is 1490. The second kappa shape index (κ2) is 8.94. The Morgan fingerprint density at radius 1 is 1.14 bits per heavy atom. The van der Waals surface area contributed by atoms with E-state index in [1.165, 1.54) is 22.7 Å². The number of ether oxygens (including phenoxy) is 1. The normalized spacial score (nSPS) is 13.6. The lowest BCUT2D eigenvalue weighted by Crippen LogP contribution is -2.32. The maximum Gasteiger partial charge on any atom is 0.311 e. The number of carbonyl (C=O) groups is 2. The van der Waals surface area contributed by atoms with Gasteiger partial charge in [0.1, 0.15) is 11.3 Å². The number of nitrogens with one attached hydrogen (secondary N) is 1. The number of carbonyl (C=O) groups excluding carboxylic acids is 2. The molecule has 2 heterocycles. The Morgan fingerprint density at radius 3 is 2.60 bits per heavy atom. The van der Waals surface area contributed by atoms with E-state index in [0.717, 1.165) is 35.8 Å². The molecule has 0 radical (unpaired) electrons. The van der Waals surface area contributed by atoms with Gasteiger partial charge >= 0.3 is 5.97 Å². The monoisotopic (exact) mass is 473 g/mol. The number of furan rings is 1. The number of anilines is 1. The molecule has 35 heavy (non-hydrogen) atoms. The van der Waals surface area contributed by atoms with E-state index in [2.05, 4.69) is 11.4 Å². The van der Waals surface area contributed by atoms with Crippen molar-refractivity contribution in [3.63, 3.8) is 0 Å². The first-order valence-electron chi connectivity index (χ1n) is 11.7. The summed E-state index contributed by atoms with van der Waals surface area (Å²) in [6.45, 7) is 3.23. The number of para-hydroxylation sites is 1. The average molecular weight is 474 g/mol. The third kappa shape index (κ3) is 4.16. The number of hydrogen-bond donors (Lipinski definition) is 1. The van der Waals surface area contributed by atoms with Crippen LogP contribution in [0.15, 0.2) is 57.9 Å². The maximum absolute atomic E-state index is 13.0. The summed E-state index contributed by atoms with van der Waals surface area (Å²) in [6, 6.07) is 13.3. The quantitative estimate of drug-likeness (QED) is 0.430. The van der Waals surface area contributed by atoms with Gasteiger partial charge < -0.3 is 14.5 Å². The van der Waals surface area contributed by atoms with Crippen LogP contribution in [0.4, 0.5) is 5.69 Å². The molecule has 5 rings (SSSR count). The summed E-state index contributed by atoms with van der Waals surface area (Å²) in [5.74, 6) is -1.11. The smallest absolute Gasteiger partial charge is 0.311 e. The molecular weight excluding hydrogens is 446 g/mol. The fraction of sp³-hybridized carbons (Fsp3) is 0.296. The maximum atomic E-state index is 13.0. The van der Waals surface area contributed by atoms with Gasteiger partial charge in [-0.05, 0) is 68.5 Å². The number of fused-ring (bicyclic) bond motifs is 2. The van der Waals surface area contributed by atoms with Crippen molar-refractivity contribution in [2.45, 2.75) is 45.6 Å². The summed E-state index contributed by atoms with van der Waals surface area (Å²) in [6.07, 6.45) is 3.70. The molecule has 1 N–H and O–H groups in total. The zero-order valence-corrected chi connectivity index (χ0v) is 20.0. The minimum atomic E-state index is -1.07. The van der Waals surface area contributed by atoms with Crippen LogP contribution < -0.4 is 10.9 Å². The number of aromatic nitrogens is 2. The Kier molecular flexibility index (Phi) is 5.80. The van der Waals surface area contributed by atoms with Gasteiger partial charge in [-0.1, -0.05) is 18.2 Å². The molecule has 2 aromatic heterocycles. The van der Waals surface area contributed by atoms with Crippen molar-refractivity contribution in [3.8, 4) is 5.69 Å². The first-order valence-corrected chi connectivity index (χ1v) is 11.7. The number of esters is 1. The zero-order valence-electron chi connectivity index (χ0n) is 20.0. The standard InChI is InChI=1S/C27H27N3O5/c1-16-25(27(33)30(29(16)3)21-10-5-4-6-11-21)28-26(32)17(2)35-24(31)14-20-15-34-23-13-19-9-7-8-18(19)12-22(20)23/h4-6,10-13,15,17H,7-9,14H2,1-3H3,(H,28,32)/t17-/m0/s1. The highest BCUT2D eigenvalue weighted by atomic mass is 16.5. The number of amides is 1. The molecule has 1 aliphatic carbocycles. The van der Waals surface area contributed by atoms with Crippen LogP contribution in [0.5, 0.6) is 0 Å². The van der Waals surface area contributed by atoms with E-state index in [1.54, 1.807) is 24.9 Å². The van der Waals surface area contributed by atoms with Gasteiger partial charge in [0.2, 0.25) is 0 Å². The van der Waals surface area contributed by atoms with Gasteiger partial charge in [0.25, 0.3) is 11.5 Å². The van der Waals surface area contributed by atoms with Crippen LogP contribution in [0.2, 0.25) is 0 Å². The van der Waals surface area contributed by atoms with Crippen LogP contribution >= 0.6 is 0 Å². The SMILES string of the molecule is Cc1c(NC(=O)[C@H](C)OC(=O)Cc2coc3cc4c(cc23)CCC4)c(=O)n(-c2ccccc2)n1C. The molecule has 0 spiro atoms. The second-order valence-corrected chi connectivity index (χ2v) is 8.97. The summed E-state index contributed by atoms with van der Waals surface area (Å²) >= 11 is 0. The van der Waals surface area contributed by atoms with Crippen LogP contribution in [0, 0.1) is 6.92 Å². The van der Waals surface area contributed by atoms with E-state index in [9.17, 15) is 14.4 Å². The molecule has 1 aliphatic rings. The number of rotatable bonds is 6. The van der Waals surface area contributed by atoms with Crippen molar-refractivity contribution >= 4 is 28.5 Å². The lowest BCUT2D eigenvalue weighted by molar-refractivity contribution is -0.152. The van der Waals surface area contributed by atoms with E-state index in [-0.39, 0.29) is 17.7 Å². The Morgan fingerprint density at radius 2 is 1.86 bits per heavy atom. The van der Waals surface area contributed by atoms with Crippen LogP contribution in [0.1, 0.15) is 35.7 Å². The van der Waals surface area contributed by atoms with Crippen molar-refractivity contribution in [1.29, 1.82) is 0 Å². The molecule has 1 amide bonds. The summed E-state index contributed by atoms with van der Waals surface area (Å²) in [7, 11) is 1.74. The van der Waals surface area contributed by atoms with Crippen molar-refractivity contribution in [2.24, 2.45) is 7.05 Å². The molecule has 0 saturated carbocycles. The summed E-state index contributed by atoms with van der Waals surface area (Å²) < 4.78 is 14.2. The summed E-state index contributed by atoms with van der Waals surface area (Å²) in [5.41, 5.74) is 5.14. The molecule has 1 atom stereocenters. The molecule has 8 nitrogen and oxygen atoms in total. The van der Waals surface area contributed by atoms with E-state index in [4.69, 9.17) is 9.15 Å². The van der Waals surface area contributed by atoms with Crippen LogP contribution in [-0.4, -0.2) is 27.3 Å². The van der Waals surface area contributed by atoms with E-state index < -0.39 is 18.0 Å². The predicted molar refractivity (Wildman–Crippen MR) is 132 cm³/mol.